The number of benzene rings is 3. The van der Waals surface area contributed by atoms with Gasteiger partial charge in [-0.15, -0.1) is 0 Å². The number of piperidine rings is 1. The fraction of sp³-hybridized carbons (Fsp3) is 0.419. The molecule has 8 nitrogen and oxygen atoms in total. The zero-order chi connectivity index (χ0) is 27.5. The molecule has 1 saturated carbocycles. The Morgan fingerprint density at radius 3 is 2.55 bits per heavy atom. The first-order valence-corrected chi connectivity index (χ1v) is 14.0. The van der Waals surface area contributed by atoms with Crippen LogP contribution in [0.2, 0.25) is 0 Å². The second kappa shape index (κ2) is 11.6. The lowest BCUT2D eigenvalue weighted by Crippen LogP contribution is -2.42. The molecule has 0 N–H and O–H groups in total. The first-order chi connectivity index (χ1) is 19.5. The number of rotatable bonds is 8. The average molecular weight is 549 g/mol. The van der Waals surface area contributed by atoms with Gasteiger partial charge in [0.25, 0.3) is 5.69 Å². The zero-order valence-corrected chi connectivity index (χ0v) is 22.3. The van der Waals surface area contributed by atoms with Crippen molar-refractivity contribution >= 4 is 11.4 Å². The van der Waals surface area contributed by atoms with Crippen LogP contribution in [0.1, 0.15) is 50.0 Å². The maximum absolute atomic E-state index is 13.7. The Labute approximate surface area is 232 Å². The number of nitrogens with zero attached hydrogens (tertiary/aromatic N) is 2. The molecule has 0 spiro atoms. The Morgan fingerprint density at radius 1 is 0.950 bits per heavy atom. The summed E-state index contributed by atoms with van der Waals surface area (Å²) in [4.78, 5) is 13.4. The maximum atomic E-state index is 13.7. The summed E-state index contributed by atoms with van der Waals surface area (Å²) in [5, 5.41) is 11.6. The normalized spacial score (nSPS) is 20.8. The van der Waals surface area contributed by atoms with E-state index in [1.54, 1.807) is 12.1 Å². The molecule has 210 valence electrons. The van der Waals surface area contributed by atoms with Gasteiger partial charge in [-0.3, -0.25) is 10.1 Å². The molecule has 2 heterocycles. The van der Waals surface area contributed by atoms with Crippen LogP contribution in [0.4, 0.5) is 15.8 Å². The molecule has 2 fully saturated rings. The molecule has 1 aliphatic carbocycles. The van der Waals surface area contributed by atoms with E-state index in [1.165, 1.54) is 18.6 Å². The standard InChI is InChI=1S/C31H33FN2O6/c32-23-8-6-21(7-9-23)27-14-15-33(18-22(27)19-37-26-11-13-29-31(17-26)39-20-38-29)28-12-10-24(34(35)36)16-30(28)40-25-4-2-1-3-5-25/h6-13,16-17,22,25,27H,1-5,14-15,18-20H2/t22-,27-/m0/s1. The van der Waals surface area contributed by atoms with Gasteiger partial charge in [0.15, 0.2) is 11.5 Å². The lowest BCUT2D eigenvalue weighted by Gasteiger charge is -2.40. The monoisotopic (exact) mass is 548 g/mol. The van der Waals surface area contributed by atoms with Crippen LogP contribution in [0, 0.1) is 21.8 Å². The van der Waals surface area contributed by atoms with Gasteiger partial charge in [0.2, 0.25) is 6.79 Å². The molecule has 3 aromatic rings. The van der Waals surface area contributed by atoms with Crippen molar-refractivity contribution in [2.45, 2.75) is 50.5 Å². The van der Waals surface area contributed by atoms with E-state index < -0.39 is 0 Å². The molecule has 3 aliphatic rings. The third-order valence-corrected chi connectivity index (χ3v) is 8.18. The van der Waals surface area contributed by atoms with E-state index in [4.69, 9.17) is 18.9 Å². The summed E-state index contributed by atoms with van der Waals surface area (Å²) in [5.41, 5.74) is 1.96. The second-order valence-electron chi connectivity index (χ2n) is 10.8. The highest BCUT2D eigenvalue weighted by molar-refractivity contribution is 5.63. The van der Waals surface area contributed by atoms with Crippen molar-refractivity contribution in [1.29, 1.82) is 0 Å². The Morgan fingerprint density at radius 2 is 1.75 bits per heavy atom. The van der Waals surface area contributed by atoms with E-state index in [1.807, 2.05) is 36.4 Å². The van der Waals surface area contributed by atoms with Crippen molar-refractivity contribution in [2.75, 3.05) is 31.4 Å². The van der Waals surface area contributed by atoms with Crippen LogP contribution >= 0.6 is 0 Å². The SMILES string of the molecule is O=[N+]([O-])c1ccc(N2CC[C@@H](c3ccc(F)cc3)[C@H](COc3ccc4c(c3)OCO4)C2)c(OC2CCCCC2)c1. The Hall–Kier alpha value is -4.01. The van der Waals surface area contributed by atoms with Gasteiger partial charge in [0.05, 0.1) is 29.4 Å². The van der Waals surface area contributed by atoms with E-state index in [9.17, 15) is 14.5 Å². The summed E-state index contributed by atoms with van der Waals surface area (Å²) in [6.07, 6.45) is 6.22. The molecule has 3 aromatic carbocycles. The number of halogens is 1. The fourth-order valence-corrected chi connectivity index (χ4v) is 6.07. The Bertz CT molecular complexity index is 1340. The largest absolute Gasteiger partial charge is 0.493 e. The molecule has 2 aliphatic heterocycles. The molecule has 9 heteroatoms. The van der Waals surface area contributed by atoms with Gasteiger partial charge in [-0.2, -0.15) is 0 Å². The molecule has 0 amide bonds. The lowest BCUT2D eigenvalue weighted by atomic mass is 9.80. The van der Waals surface area contributed by atoms with E-state index >= 15 is 0 Å². The number of hydrogen-bond donors (Lipinski definition) is 0. The van der Waals surface area contributed by atoms with Crippen LogP contribution in [0.15, 0.2) is 60.7 Å². The third-order valence-electron chi connectivity index (χ3n) is 8.18. The van der Waals surface area contributed by atoms with Crippen molar-refractivity contribution in [1.82, 2.24) is 0 Å². The van der Waals surface area contributed by atoms with Crippen LogP contribution in [0.25, 0.3) is 0 Å². The molecule has 1 saturated heterocycles. The number of nitro groups is 1. The summed E-state index contributed by atoms with van der Waals surface area (Å²) in [6, 6.07) is 17.2. The molecule has 40 heavy (non-hydrogen) atoms. The molecular weight excluding hydrogens is 515 g/mol. The highest BCUT2D eigenvalue weighted by Gasteiger charge is 2.33. The quantitative estimate of drug-likeness (QED) is 0.225. The summed E-state index contributed by atoms with van der Waals surface area (Å²) >= 11 is 0. The predicted molar refractivity (Wildman–Crippen MR) is 148 cm³/mol. The average Bonchev–Trinajstić information content (AvgIpc) is 3.45. The van der Waals surface area contributed by atoms with Gasteiger partial charge in [0.1, 0.15) is 17.3 Å². The number of non-ortho nitro benzene ring substituents is 1. The van der Waals surface area contributed by atoms with Crippen molar-refractivity contribution < 1.29 is 28.3 Å². The number of ether oxygens (including phenoxy) is 4. The third kappa shape index (κ3) is 5.78. The van der Waals surface area contributed by atoms with E-state index in [0.29, 0.717) is 36.1 Å². The molecular formula is C31H33FN2O6. The minimum absolute atomic E-state index is 0.0263. The van der Waals surface area contributed by atoms with Gasteiger partial charge < -0.3 is 23.8 Å². The number of hydrogen-bond acceptors (Lipinski definition) is 7. The van der Waals surface area contributed by atoms with Crippen molar-refractivity contribution in [3.8, 4) is 23.0 Å². The first kappa shape index (κ1) is 26.2. The molecule has 0 bridgehead atoms. The number of nitro benzene ring substituents is 1. The van der Waals surface area contributed by atoms with Crippen molar-refractivity contribution in [2.24, 2.45) is 5.92 Å². The molecule has 2 atom stereocenters. The van der Waals surface area contributed by atoms with Crippen LogP contribution < -0.4 is 23.8 Å². The summed E-state index contributed by atoms with van der Waals surface area (Å²) < 4.78 is 37.3. The zero-order valence-electron chi connectivity index (χ0n) is 22.3. The van der Waals surface area contributed by atoms with Gasteiger partial charge >= 0.3 is 0 Å². The smallest absolute Gasteiger partial charge is 0.273 e. The minimum Gasteiger partial charge on any atom is -0.493 e. The minimum atomic E-state index is -0.375. The summed E-state index contributed by atoms with van der Waals surface area (Å²) in [7, 11) is 0. The molecule has 0 radical (unpaired) electrons. The fourth-order valence-electron chi connectivity index (χ4n) is 6.07. The summed E-state index contributed by atoms with van der Waals surface area (Å²) in [6.45, 7) is 2.03. The van der Waals surface area contributed by atoms with Gasteiger partial charge in [0, 0.05) is 31.1 Å². The van der Waals surface area contributed by atoms with E-state index in [-0.39, 0.29) is 41.2 Å². The summed E-state index contributed by atoms with van der Waals surface area (Å²) in [5.74, 6) is 2.59. The molecule has 6 rings (SSSR count). The molecule has 0 aromatic heterocycles. The van der Waals surface area contributed by atoms with Crippen LogP contribution in [0.5, 0.6) is 23.0 Å². The molecule has 0 unspecified atom stereocenters. The Balaban J connectivity index is 1.25. The van der Waals surface area contributed by atoms with Gasteiger partial charge in [-0.05, 0) is 73.9 Å². The lowest BCUT2D eigenvalue weighted by molar-refractivity contribution is -0.384. The maximum Gasteiger partial charge on any atom is 0.273 e. The van der Waals surface area contributed by atoms with Gasteiger partial charge in [-0.25, -0.2) is 4.39 Å². The highest BCUT2D eigenvalue weighted by Crippen LogP contribution is 2.41. The van der Waals surface area contributed by atoms with Crippen molar-refractivity contribution in [3.05, 3.63) is 82.2 Å². The van der Waals surface area contributed by atoms with Gasteiger partial charge in [-0.1, -0.05) is 18.6 Å². The van der Waals surface area contributed by atoms with Crippen molar-refractivity contribution in [3.63, 3.8) is 0 Å². The van der Waals surface area contributed by atoms with Crippen LogP contribution in [0.3, 0.4) is 0 Å². The first-order valence-electron chi connectivity index (χ1n) is 14.0. The van der Waals surface area contributed by atoms with Crippen LogP contribution in [-0.4, -0.2) is 37.5 Å². The highest BCUT2D eigenvalue weighted by atomic mass is 19.1. The topological polar surface area (TPSA) is 83.3 Å². The van der Waals surface area contributed by atoms with Crippen LogP contribution in [-0.2, 0) is 0 Å². The Kier molecular flexibility index (Phi) is 7.62. The predicted octanol–water partition coefficient (Wildman–Crippen LogP) is 6.86. The number of fused-ring (bicyclic) bond motifs is 1. The second-order valence-corrected chi connectivity index (χ2v) is 10.8. The van der Waals surface area contributed by atoms with E-state index in [2.05, 4.69) is 4.90 Å². The number of anilines is 1. The van der Waals surface area contributed by atoms with E-state index in [0.717, 1.165) is 49.9 Å².